The highest BCUT2D eigenvalue weighted by molar-refractivity contribution is 6.18. The van der Waals surface area contributed by atoms with Crippen LogP contribution in [0.2, 0.25) is 0 Å². The van der Waals surface area contributed by atoms with E-state index in [1.54, 1.807) is 0 Å². The minimum absolute atomic E-state index is 0.360. The summed E-state index contributed by atoms with van der Waals surface area (Å²) in [4.78, 5) is 0. The Morgan fingerprint density at radius 3 is 2.14 bits per heavy atom. The van der Waals surface area contributed by atoms with E-state index >= 15 is 0 Å². The first-order valence-corrected chi connectivity index (χ1v) is 6.69. The van der Waals surface area contributed by atoms with Gasteiger partial charge in [0.05, 0.1) is 0 Å². The summed E-state index contributed by atoms with van der Waals surface area (Å²) >= 11 is 6.02. The van der Waals surface area contributed by atoms with Gasteiger partial charge in [-0.2, -0.15) is 0 Å². The Labute approximate surface area is 94.4 Å². The lowest BCUT2D eigenvalue weighted by Gasteiger charge is -2.38. The van der Waals surface area contributed by atoms with Gasteiger partial charge in [-0.1, -0.05) is 46.5 Å². The van der Waals surface area contributed by atoms with Crippen molar-refractivity contribution < 1.29 is 0 Å². The molecule has 14 heavy (non-hydrogen) atoms. The van der Waals surface area contributed by atoms with E-state index in [1.165, 1.54) is 38.5 Å². The molecule has 0 radical (unpaired) electrons. The molecule has 0 aromatic heterocycles. The summed E-state index contributed by atoms with van der Waals surface area (Å²) in [6, 6.07) is 0. The van der Waals surface area contributed by atoms with Crippen LogP contribution in [0, 0.1) is 17.3 Å². The molecule has 1 rings (SSSR count). The molecule has 0 bridgehead atoms. The van der Waals surface area contributed by atoms with E-state index in [0.29, 0.717) is 5.41 Å². The van der Waals surface area contributed by atoms with Crippen molar-refractivity contribution in [3.05, 3.63) is 0 Å². The maximum atomic E-state index is 6.02. The van der Waals surface area contributed by atoms with Crippen molar-refractivity contribution in [2.45, 2.75) is 59.3 Å². The third-order valence-electron chi connectivity index (χ3n) is 3.99. The Kier molecular flexibility index (Phi) is 4.76. The van der Waals surface area contributed by atoms with Gasteiger partial charge in [0.15, 0.2) is 0 Å². The molecule has 0 saturated heterocycles. The number of hydrogen-bond donors (Lipinski definition) is 0. The summed E-state index contributed by atoms with van der Waals surface area (Å²) in [6.07, 6.45) is 8.49. The van der Waals surface area contributed by atoms with Crippen LogP contribution in [-0.4, -0.2) is 5.88 Å². The molecule has 0 aromatic carbocycles. The van der Waals surface area contributed by atoms with Gasteiger partial charge in [0, 0.05) is 5.88 Å². The van der Waals surface area contributed by atoms with Gasteiger partial charge in [-0.05, 0) is 30.1 Å². The highest BCUT2D eigenvalue weighted by Gasteiger charge is 2.31. The monoisotopic (exact) mass is 216 g/mol. The molecule has 0 spiro atoms. The van der Waals surface area contributed by atoms with Gasteiger partial charge >= 0.3 is 0 Å². The Morgan fingerprint density at radius 1 is 1.14 bits per heavy atom. The Hall–Kier alpha value is 0.290. The average molecular weight is 217 g/mol. The molecule has 0 atom stereocenters. The van der Waals surface area contributed by atoms with E-state index < -0.39 is 0 Å². The third kappa shape index (κ3) is 3.15. The highest BCUT2D eigenvalue weighted by atomic mass is 35.5. The second kappa shape index (κ2) is 5.39. The van der Waals surface area contributed by atoms with E-state index in [1.807, 2.05) is 0 Å². The summed E-state index contributed by atoms with van der Waals surface area (Å²) in [5.74, 6) is 2.70. The maximum absolute atomic E-state index is 6.02. The second-order valence-corrected chi connectivity index (χ2v) is 5.90. The Balaban J connectivity index is 2.35. The standard InChI is InChI=1S/C13H25Cl/c1-4-5-11-6-8-12(9-7-11)13(2,3)10-14/h11-12H,4-10H2,1-3H3. The van der Waals surface area contributed by atoms with E-state index in [9.17, 15) is 0 Å². The van der Waals surface area contributed by atoms with Crippen molar-refractivity contribution in [1.29, 1.82) is 0 Å². The zero-order chi connectivity index (χ0) is 10.6. The van der Waals surface area contributed by atoms with Crippen molar-refractivity contribution in [2.75, 3.05) is 5.88 Å². The van der Waals surface area contributed by atoms with E-state index in [0.717, 1.165) is 17.7 Å². The fourth-order valence-electron chi connectivity index (χ4n) is 2.75. The SMILES string of the molecule is CCCC1CCC(C(C)(C)CCl)CC1. The van der Waals surface area contributed by atoms with Crippen LogP contribution in [0.15, 0.2) is 0 Å². The quantitative estimate of drug-likeness (QED) is 0.589. The van der Waals surface area contributed by atoms with Gasteiger partial charge in [0.2, 0.25) is 0 Å². The normalized spacial score (nSPS) is 29.1. The van der Waals surface area contributed by atoms with Crippen LogP contribution in [0.5, 0.6) is 0 Å². The van der Waals surface area contributed by atoms with E-state index in [-0.39, 0.29) is 0 Å². The van der Waals surface area contributed by atoms with Crippen LogP contribution >= 0.6 is 11.6 Å². The average Bonchev–Trinajstić information content (AvgIpc) is 2.19. The largest absolute Gasteiger partial charge is 0.126 e. The lowest BCUT2D eigenvalue weighted by molar-refractivity contribution is 0.149. The predicted molar refractivity (Wildman–Crippen MR) is 64.9 cm³/mol. The molecule has 0 nitrogen and oxygen atoms in total. The molecule has 0 N–H and O–H groups in total. The molecular weight excluding hydrogens is 192 g/mol. The minimum Gasteiger partial charge on any atom is -0.126 e. The van der Waals surface area contributed by atoms with Gasteiger partial charge in [-0.3, -0.25) is 0 Å². The molecule has 1 aliphatic carbocycles. The van der Waals surface area contributed by atoms with Crippen molar-refractivity contribution in [1.82, 2.24) is 0 Å². The molecule has 0 unspecified atom stereocenters. The number of rotatable bonds is 4. The van der Waals surface area contributed by atoms with Crippen molar-refractivity contribution >= 4 is 11.6 Å². The molecule has 1 heteroatoms. The highest BCUT2D eigenvalue weighted by Crippen LogP contribution is 2.41. The first-order valence-electron chi connectivity index (χ1n) is 6.16. The summed E-state index contributed by atoms with van der Waals surface area (Å²) < 4.78 is 0. The van der Waals surface area contributed by atoms with Crippen molar-refractivity contribution in [3.63, 3.8) is 0 Å². The topological polar surface area (TPSA) is 0 Å². The van der Waals surface area contributed by atoms with Gasteiger partial charge in [-0.25, -0.2) is 0 Å². The molecule has 1 saturated carbocycles. The van der Waals surface area contributed by atoms with Crippen LogP contribution in [0.1, 0.15) is 59.3 Å². The Morgan fingerprint density at radius 2 is 1.71 bits per heavy atom. The van der Waals surface area contributed by atoms with Gasteiger partial charge in [-0.15, -0.1) is 11.6 Å². The van der Waals surface area contributed by atoms with Crippen molar-refractivity contribution in [3.8, 4) is 0 Å². The number of hydrogen-bond acceptors (Lipinski definition) is 0. The van der Waals surface area contributed by atoms with Crippen LogP contribution in [0.25, 0.3) is 0 Å². The molecule has 0 amide bonds. The third-order valence-corrected chi connectivity index (χ3v) is 4.68. The predicted octanol–water partition coefficient (Wildman–Crippen LogP) is 4.86. The first-order chi connectivity index (χ1) is 6.60. The lowest BCUT2D eigenvalue weighted by Crippen LogP contribution is -2.29. The molecule has 0 heterocycles. The molecule has 0 aliphatic heterocycles. The number of halogens is 1. The molecule has 1 fully saturated rings. The second-order valence-electron chi connectivity index (χ2n) is 5.63. The number of alkyl halides is 1. The zero-order valence-electron chi connectivity index (χ0n) is 9.98. The van der Waals surface area contributed by atoms with E-state index in [2.05, 4.69) is 20.8 Å². The minimum atomic E-state index is 0.360. The van der Waals surface area contributed by atoms with Gasteiger partial charge < -0.3 is 0 Å². The fraction of sp³-hybridized carbons (Fsp3) is 1.00. The first kappa shape index (κ1) is 12.4. The fourth-order valence-corrected chi connectivity index (χ4v) is 2.97. The summed E-state index contributed by atoms with van der Waals surface area (Å²) in [5, 5.41) is 0. The summed E-state index contributed by atoms with van der Waals surface area (Å²) in [5.41, 5.74) is 0.360. The lowest BCUT2D eigenvalue weighted by atomic mass is 9.69. The maximum Gasteiger partial charge on any atom is 0.0277 e. The molecule has 0 aromatic rings. The van der Waals surface area contributed by atoms with Crippen LogP contribution < -0.4 is 0 Å². The molecular formula is C13H25Cl. The van der Waals surface area contributed by atoms with E-state index in [4.69, 9.17) is 11.6 Å². The molecule has 1 aliphatic rings. The van der Waals surface area contributed by atoms with Gasteiger partial charge in [0.25, 0.3) is 0 Å². The van der Waals surface area contributed by atoms with Crippen LogP contribution in [0.3, 0.4) is 0 Å². The molecule has 84 valence electrons. The smallest absolute Gasteiger partial charge is 0.0277 e. The summed E-state index contributed by atoms with van der Waals surface area (Å²) in [7, 11) is 0. The van der Waals surface area contributed by atoms with Crippen LogP contribution in [-0.2, 0) is 0 Å². The van der Waals surface area contributed by atoms with Gasteiger partial charge in [0.1, 0.15) is 0 Å². The zero-order valence-corrected chi connectivity index (χ0v) is 10.7. The van der Waals surface area contributed by atoms with Crippen molar-refractivity contribution in [2.24, 2.45) is 17.3 Å². The Bertz CT molecular complexity index is 155. The van der Waals surface area contributed by atoms with Crippen LogP contribution in [0.4, 0.5) is 0 Å². The summed E-state index contributed by atoms with van der Waals surface area (Å²) in [6.45, 7) is 6.95.